The van der Waals surface area contributed by atoms with Crippen LogP contribution in [-0.2, 0) is 32.6 Å². The van der Waals surface area contributed by atoms with Gasteiger partial charge in [-0.25, -0.2) is 9.59 Å². The number of piperazine rings is 1. The molecule has 1 spiro atoms. The van der Waals surface area contributed by atoms with Gasteiger partial charge in [0.25, 0.3) is 0 Å². The molecule has 2 fully saturated rings. The van der Waals surface area contributed by atoms with Crippen LogP contribution >= 0.6 is 11.8 Å². The summed E-state index contributed by atoms with van der Waals surface area (Å²) in [7, 11) is 3.63. The van der Waals surface area contributed by atoms with Gasteiger partial charge in [0.05, 0.1) is 31.0 Å². The van der Waals surface area contributed by atoms with Gasteiger partial charge >= 0.3 is 12.1 Å². The standard InChI is InChI=1S/C46H50N6O8S/c1-8-11-57-45(55)48-17-26-15-28-27-12-21(2)9-10-29(27)49-43(28)46(50-26)19-61-42-33-23(4)24(5)40-41(60-20-59-40)35(33)32(18-58-44(46)54)52-31(16-47)30-14-25-13-22(3)39(56-7)38(53)34(25)36(37(42)52)51(30)6/h8-10,12-13,26,30-32,36-37,42,49-50,53H,1,11,14-15,17-20H2,2-7H3,(H,48,55)/t26-,30-,31-,32-,36+,37+,42+,46+/m0/s1. The fraction of sp³-hybridized carbons (Fsp3) is 0.457. The van der Waals surface area contributed by atoms with Gasteiger partial charge in [0.1, 0.15) is 19.3 Å². The molecule has 61 heavy (non-hydrogen) atoms. The normalized spacial score (nSPS) is 28.5. The fourth-order valence-electron chi connectivity index (χ4n) is 11.4. The number of rotatable bonds is 5. The number of likely N-dealkylation sites (N-methyl/N-ethyl adjacent to an activating group) is 1. The van der Waals surface area contributed by atoms with Crippen molar-refractivity contribution >= 4 is 34.7 Å². The van der Waals surface area contributed by atoms with E-state index in [4.69, 9.17) is 23.7 Å². The third-order valence-electron chi connectivity index (χ3n) is 14.1. The van der Waals surface area contributed by atoms with E-state index < -0.39 is 29.7 Å². The lowest BCUT2D eigenvalue weighted by Gasteiger charge is -2.62. The molecule has 8 heterocycles. The highest BCUT2D eigenvalue weighted by molar-refractivity contribution is 7.99. The van der Waals surface area contributed by atoms with Crippen molar-refractivity contribution in [2.24, 2.45) is 0 Å². The summed E-state index contributed by atoms with van der Waals surface area (Å²) >= 11 is 1.64. The number of methoxy groups -OCH3 is 1. The summed E-state index contributed by atoms with van der Waals surface area (Å²) in [5, 5.41) is 30.7. The Morgan fingerprint density at radius 1 is 1.13 bits per heavy atom. The van der Waals surface area contributed by atoms with Gasteiger partial charge in [-0.2, -0.15) is 5.26 Å². The molecule has 7 aliphatic heterocycles. The lowest BCUT2D eigenvalue weighted by Crippen LogP contribution is -2.70. The Bertz CT molecular complexity index is 2590. The van der Waals surface area contributed by atoms with Crippen molar-refractivity contribution in [3.8, 4) is 29.1 Å². The molecule has 4 bridgehead atoms. The van der Waals surface area contributed by atoms with Gasteiger partial charge in [-0.15, -0.1) is 11.8 Å². The lowest BCUT2D eigenvalue weighted by molar-refractivity contribution is -0.158. The predicted molar refractivity (Wildman–Crippen MR) is 228 cm³/mol. The molecule has 7 aliphatic rings. The number of hydrogen-bond donors (Lipinski definition) is 4. The number of H-pyrrole nitrogens is 1. The van der Waals surface area contributed by atoms with Crippen LogP contribution in [0.4, 0.5) is 4.79 Å². The molecular weight excluding hydrogens is 797 g/mol. The van der Waals surface area contributed by atoms with Crippen molar-refractivity contribution in [1.82, 2.24) is 25.4 Å². The van der Waals surface area contributed by atoms with Crippen LogP contribution < -0.4 is 24.8 Å². The number of amides is 1. The second kappa shape index (κ2) is 14.6. The zero-order valence-corrected chi connectivity index (χ0v) is 36.0. The maximum absolute atomic E-state index is 15.3. The van der Waals surface area contributed by atoms with Gasteiger partial charge in [-0.05, 0) is 93.1 Å². The van der Waals surface area contributed by atoms with Crippen LogP contribution in [0.5, 0.6) is 23.0 Å². The number of aromatic nitrogens is 1. The Kier molecular flexibility index (Phi) is 9.52. The number of thioether (sulfide) groups is 1. The summed E-state index contributed by atoms with van der Waals surface area (Å²) in [5.74, 6) is 1.60. The number of ether oxygens (including phenoxy) is 5. The number of aryl methyl sites for hydroxylation is 2. The van der Waals surface area contributed by atoms with Crippen molar-refractivity contribution in [1.29, 1.82) is 5.26 Å². The van der Waals surface area contributed by atoms with Gasteiger partial charge < -0.3 is 39.1 Å². The van der Waals surface area contributed by atoms with E-state index in [1.807, 2.05) is 26.0 Å². The molecule has 2 saturated heterocycles. The summed E-state index contributed by atoms with van der Waals surface area (Å²) in [6, 6.07) is 8.46. The van der Waals surface area contributed by atoms with E-state index in [-0.39, 0.29) is 67.5 Å². The Hall–Kier alpha value is -5.40. The first kappa shape index (κ1) is 39.7. The highest BCUT2D eigenvalue weighted by Crippen LogP contribution is 2.63. The molecule has 1 amide bonds. The SMILES string of the molecule is C=CCOC(=O)NC[C@@H]1Cc2c([nH]c3ccc(C)cc23)[C@@]2(CS[C@@H]3c4c(C)c(C)c5c(c4[C@H](COC2=O)N2[C@@H]3[C@H]3c4c(cc(C)c(OC)c4O)C[C@@H]([C@@H]2C#N)N3C)OCO5)N1. The van der Waals surface area contributed by atoms with Gasteiger partial charge in [0.2, 0.25) is 6.79 Å². The Morgan fingerprint density at radius 3 is 2.70 bits per heavy atom. The minimum atomic E-state index is -1.38. The van der Waals surface area contributed by atoms with E-state index in [0.29, 0.717) is 30.1 Å². The topological polar surface area (TPSA) is 171 Å². The molecule has 11 rings (SSSR count). The number of nitrogens with one attached hydrogen (secondary N) is 3. The summed E-state index contributed by atoms with van der Waals surface area (Å²) in [4.78, 5) is 36.2. The monoisotopic (exact) mass is 846 g/mol. The van der Waals surface area contributed by atoms with Crippen LogP contribution in [0.2, 0.25) is 0 Å². The van der Waals surface area contributed by atoms with Crippen LogP contribution in [0, 0.1) is 39.0 Å². The second-order valence-electron chi connectivity index (χ2n) is 17.3. The zero-order valence-electron chi connectivity index (χ0n) is 35.1. The molecule has 15 heteroatoms. The fourth-order valence-corrected chi connectivity index (χ4v) is 13.1. The summed E-state index contributed by atoms with van der Waals surface area (Å²) in [6.07, 6.45) is 2.00. The number of nitriles is 1. The Morgan fingerprint density at radius 2 is 1.93 bits per heavy atom. The summed E-state index contributed by atoms with van der Waals surface area (Å²) < 4.78 is 30.2. The van der Waals surface area contributed by atoms with Crippen molar-refractivity contribution < 1.29 is 38.4 Å². The zero-order chi connectivity index (χ0) is 42.6. The van der Waals surface area contributed by atoms with Crippen LogP contribution in [-0.4, -0.2) is 103 Å². The van der Waals surface area contributed by atoms with E-state index in [0.717, 1.165) is 66.7 Å². The summed E-state index contributed by atoms with van der Waals surface area (Å²) in [5.41, 5.74) is 8.89. The molecule has 1 aromatic heterocycles. The van der Waals surface area contributed by atoms with E-state index in [1.54, 1.807) is 18.9 Å². The van der Waals surface area contributed by atoms with Crippen LogP contribution in [0.15, 0.2) is 36.9 Å². The molecular formula is C46H50N6O8S. The van der Waals surface area contributed by atoms with Crippen molar-refractivity contribution in [3.05, 3.63) is 92.7 Å². The molecule has 0 unspecified atom stereocenters. The predicted octanol–water partition coefficient (Wildman–Crippen LogP) is 5.73. The molecule has 4 N–H and O–H groups in total. The van der Waals surface area contributed by atoms with Gasteiger partial charge in [-0.3, -0.25) is 15.1 Å². The number of hydrogen-bond acceptors (Lipinski definition) is 13. The number of carbonyl (C=O) groups excluding carboxylic acids is 2. The number of carbonyl (C=O) groups is 2. The third kappa shape index (κ3) is 5.71. The molecule has 0 aliphatic carbocycles. The molecule has 14 nitrogen and oxygen atoms in total. The maximum Gasteiger partial charge on any atom is 0.407 e. The molecule has 3 aromatic carbocycles. The Labute approximate surface area is 358 Å². The number of esters is 1. The summed E-state index contributed by atoms with van der Waals surface area (Å²) in [6.45, 7) is 12.0. The number of benzene rings is 3. The van der Waals surface area contributed by atoms with Crippen LogP contribution in [0.1, 0.15) is 73.1 Å². The highest BCUT2D eigenvalue weighted by atomic mass is 32.2. The molecule has 318 valence electrons. The van der Waals surface area contributed by atoms with E-state index >= 15 is 4.79 Å². The van der Waals surface area contributed by atoms with Crippen molar-refractivity contribution in [2.75, 3.05) is 46.5 Å². The molecule has 8 atom stereocenters. The number of fused-ring (bicyclic) bond motifs is 11. The van der Waals surface area contributed by atoms with Gasteiger partial charge in [-0.1, -0.05) is 30.4 Å². The average molecular weight is 847 g/mol. The van der Waals surface area contributed by atoms with E-state index in [2.05, 4.69) is 71.1 Å². The molecule has 4 aromatic rings. The number of alkyl carbamates (subject to hydrolysis) is 1. The highest BCUT2D eigenvalue weighted by Gasteiger charge is 2.61. The number of phenolic OH excluding ortho intramolecular Hbond substituents is 1. The molecule has 0 radical (unpaired) electrons. The Balaban J connectivity index is 1.18. The largest absolute Gasteiger partial charge is 0.504 e. The van der Waals surface area contributed by atoms with Gasteiger partial charge in [0.15, 0.2) is 28.5 Å². The smallest absolute Gasteiger partial charge is 0.407 e. The minimum absolute atomic E-state index is 0.0576. The first-order valence-electron chi connectivity index (χ1n) is 20.8. The van der Waals surface area contributed by atoms with Crippen molar-refractivity contribution in [2.45, 2.75) is 87.6 Å². The quantitative estimate of drug-likeness (QED) is 0.142. The third-order valence-corrected chi connectivity index (χ3v) is 15.6. The number of phenols is 1. The first-order chi connectivity index (χ1) is 29.4. The second-order valence-corrected chi connectivity index (χ2v) is 18.4. The van der Waals surface area contributed by atoms with E-state index in [9.17, 15) is 15.2 Å². The van der Waals surface area contributed by atoms with Crippen LogP contribution in [0.25, 0.3) is 10.9 Å². The number of aromatic hydroxyl groups is 1. The van der Waals surface area contributed by atoms with Gasteiger partial charge in [0, 0.05) is 57.7 Å². The van der Waals surface area contributed by atoms with Crippen LogP contribution in [0.3, 0.4) is 0 Å². The maximum atomic E-state index is 15.3. The molecule has 0 saturated carbocycles. The average Bonchev–Trinajstić information content (AvgIpc) is 3.88. The number of aromatic amines is 1. The first-order valence-corrected chi connectivity index (χ1v) is 21.9. The lowest BCUT2D eigenvalue weighted by atomic mass is 9.71. The minimum Gasteiger partial charge on any atom is -0.504 e. The number of nitrogens with zero attached hydrogens (tertiary/aromatic N) is 3. The van der Waals surface area contributed by atoms with E-state index in [1.165, 1.54) is 6.08 Å². The van der Waals surface area contributed by atoms with Crippen molar-refractivity contribution in [3.63, 3.8) is 0 Å².